The van der Waals surface area contributed by atoms with Crippen LogP contribution in [0.15, 0.2) is 28.7 Å². The van der Waals surface area contributed by atoms with Crippen molar-refractivity contribution in [2.45, 2.75) is 6.92 Å². The van der Waals surface area contributed by atoms with Crippen LogP contribution in [-0.2, 0) is 9.47 Å². The number of rotatable bonds is 8. The minimum atomic E-state index is -0.0410. The van der Waals surface area contributed by atoms with E-state index in [0.717, 1.165) is 15.4 Å². The first-order valence-corrected chi connectivity index (χ1v) is 8.10. The number of ether oxygens (including phenoxy) is 2. The molecule has 2 rings (SSSR count). The van der Waals surface area contributed by atoms with Crippen molar-refractivity contribution in [3.8, 4) is 0 Å². The van der Waals surface area contributed by atoms with Gasteiger partial charge in [-0.3, -0.25) is 4.79 Å². The third-order valence-corrected chi connectivity index (χ3v) is 3.80. The van der Waals surface area contributed by atoms with Crippen molar-refractivity contribution >= 4 is 32.7 Å². The number of aromatic nitrogens is 1. The van der Waals surface area contributed by atoms with Gasteiger partial charge in [0, 0.05) is 35.6 Å². The molecule has 0 aliphatic heterocycles. The summed E-state index contributed by atoms with van der Waals surface area (Å²) in [4.78, 5) is 17.2. The molecule has 1 heterocycles. The molecule has 0 radical (unpaired) electrons. The summed E-state index contributed by atoms with van der Waals surface area (Å²) in [7, 11) is 1.77. The fraction of sp³-hybridized carbons (Fsp3) is 0.438. The summed E-state index contributed by atoms with van der Waals surface area (Å²) in [5.41, 5.74) is 1.54. The van der Waals surface area contributed by atoms with E-state index in [4.69, 9.17) is 9.47 Å². The Labute approximate surface area is 138 Å². The summed E-state index contributed by atoms with van der Waals surface area (Å²) in [5.74, 6) is -0.0410. The van der Waals surface area contributed by atoms with Crippen LogP contribution in [0.5, 0.6) is 0 Å². The topological polar surface area (TPSA) is 54.6 Å². The first kappa shape index (κ1) is 17.0. The minimum Gasteiger partial charge on any atom is -0.379 e. The van der Waals surface area contributed by atoms with E-state index in [1.165, 1.54) is 0 Å². The van der Waals surface area contributed by atoms with Crippen molar-refractivity contribution in [2.24, 2.45) is 0 Å². The van der Waals surface area contributed by atoms with Gasteiger partial charge in [0.2, 0.25) is 0 Å². The number of benzene rings is 1. The predicted octanol–water partition coefficient (Wildman–Crippen LogP) is 3.06. The maximum atomic E-state index is 12.4. The molecule has 0 spiro atoms. The van der Waals surface area contributed by atoms with Crippen LogP contribution in [0.3, 0.4) is 0 Å². The standard InChI is InChI=1S/C16H21BrN2O3/c1-3-21-8-9-22-7-6-19(2)16(20)15-11-12-10-13(17)4-5-14(12)18-15/h4-5,10-11,18H,3,6-9H2,1-2H3. The van der Waals surface area contributed by atoms with Crippen LogP contribution in [0, 0.1) is 0 Å². The van der Waals surface area contributed by atoms with Gasteiger partial charge < -0.3 is 19.4 Å². The average Bonchev–Trinajstić information content (AvgIpc) is 2.92. The molecule has 0 aliphatic carbocycles. The molecule has 5 nitrogen and oxygen atoms in total. The lowest BCUT2D eigenvalue weighted by Gasteiger charge is -2.16. The van der Waals surface area contributed by atoms with Crippen molar-refractivity contribution in [3.63, 3.8) is 0 Å². The fourth-order valence-corrected chi connectivity index (χ4v) is 2.47. The lowest BCUT2D eigenvalue weighted by Crippen LogP contribution is -2.30. The molecule has 0 bridgehead atoms. The van der Waals surface area contributed by atoms with Crippen LogP contribution in [0.2, 0.25) is 0 Å². The second-order valence-electron chi connectivity index (χ2n) is 4.95. The second-order valence-corrected chi connectivity index (χ2v) is 5.87. The highest BCUT2D eigenvalue weighted by atomic mass is 79.9. The van der Waals surface area contributed by atoms with Crippen LogP contribution in [0.1, 0.15) is 17.4 Å². The molecule has 2 aromatic rings. The van der Waals surface area contributed by atoms with E-state index in [2.05, 4.69) is 20.9 Å². The summed E-state index contributed by atoms with van der Waals surface area (Å²) in [6.07, 6.45) is 0. The van der Waals surface area contributed by atoms with Crippen LogP contribution in [0.25, 0.3) is 10.9 Å². The highest BCUT2D eigenvalue weighted by molar-refractivity contribution is 9.10. The van der Waals surface area contributed by atoms with Crippen LogP contribution >= 0.6 is 15.9 Å². The van der Waals surface area contributed by atoms with Gasteiger partial charge in [0.15, 0.2) is 0 Å². The number of nitrogens with one attached hydrogen (secondary N) is 1. The molecule has 0 atom stereocenters. The quantitative estimate of drug-likeness (QED) is 0.728. The summed E-state index contributed by atoms with van der Waals surface area (Å²) >= 11 is 3.43. The van der Waals surface area contributed by atoms with Gasteiger partial charge in [-0.2, -0.15) is 0 Å². The summed E-state index contributed by atoms with van der Waals surface area (Å²) < 4.78 is 11.6. The number of nitrogens with zero attached hydrogens (tertiary/aromatic N) is 1. The van der Waals surface area contributed by atoms with E-state index < -0.39 is 0 Å². The van der Waals surface area contributed by atoms with Crippen molar-refractivity contribution < 1.29 is 14.3 Å². The predicted molar refractivity (Wildman–Crippen MR) is 90.3 cm³/mol. The van der Waals surface area contributed by atoms with E-state index >= 15 is 0 Å². The van der Waals surface area contributed by atoms with Crippen molar-refractivity contribution in [2.75, 3.05) is 40.0 Å². The monoisotopic (exact) mass is 368 g/mol. The Balaban J connectivity index is 1.86. The summed E-state index contributed by atoms with van der Waals surface area (Å²) in [6, 6.07) is 7.75. The molecule has 1 amide bonds. The number of fused-ring (bicyclic) bond motifs is 1. The number of hydrogen-bond acceptors (Lipinski definition) is 3. The van der Waals surface area contributed by atoms with Crippen molar-refractivity contribution in [1.82, 2.24) is 9.88 Å². The van der Waals surface area contributed by atoms with Gasteiger partial charge >= 0.3 is 0 Å². The van der Waals surface area contributed by atoms with Crippen molar-refractivity contribution in [1.29, 1.82) is 0 Å². The van der Waals surface area contributed by atoms with Gasteiger partial charge in [0.25, 0.3) is 5.91 Å². The third-order valence-electron chi connectivity index (χ3n) is 3.31. The Hall–Kier alpha value is -1.37. The molecule has 6 heteroatoms. The average molecular weight is 369 g/mol. The molecule has 22 heavy (non-hydrogen) atoms. The Kier molecular flexibility index (Phi) is 6.42. The smallest absolute Gasteiger partial charge is 0.270 e. The Morgan fingerprint density at radius 3 is 2.77 bits per heavy atom. The van der Waals surface area contributed by atoms with Gasteiger partial charge in [-0.15, -0.1) is 0 Å². The highest BCUT2D eigenvalue weighted by Crippen LogP contribution is 2.21. The molecular weight excluding hydrogens is 348 g/mol. The number of carbonyl (C=O) groups excluding carboxylic acids is 1. The molecule has 0 saturated carbocycles. The lowest BCUT2D eigenvalue weighted by molar-refractivity contribution is 0.0422. The Bertz CT molecular complexity index is 627. The molecule has 1 N–H and O–H groups in total. The number of carbonyl (C=O) groups is 1. The summed E-state index contributed by atoms with van der Waals surface area (Å²) in [6.45, 7) is 4.83. The first-order valence-electron chi connectivity index (χ1n) is 7.31. The van der Waals surface area contributed by atoms with E-state index in [0.29, 0.717) is 38.7 Å². The lowest BCUT2D eigenvalue weighted by atomic mass is 10.2. The largest absolute Gasteiger partial charge is 0.379 e. The van der Waals surface area contributed by atoms with Crippen LogP contribution < -0.4 is 0 Å². The molecule has 1 aromatic heterocycles. The van der Waals surface area contributed by atoms with Gasteiger partial charge in [-0.05, 0) is 31.2 Å². The van der Waals surface area contributed by atoms with Gasteiger partial charge in [-0.1, -0.05) is 15.9 Å². The van der Waals surface area contributed by atoms with Gasteiger partial charge in [-0.25, -0.2) is 0 Å². The molecule has 1 aromatic carbocycles. The number of aromatic amines is 1. The van der Waals surface area contributed by atoms with E-state index in [1.54, 1.807) is 11.9 Å². The Morgan fingerprint density at radius 2 is 2.00 bits per heavy atom. The van der Waals surface area contributed by atoms with E-state index in [9.17, 15) is 4.79 Å². The zero-order valence-electron chi connectivity index (χ0n) is 12.9. The fourth-order valence-electron chi connectivity index (χ4n) is 2.09. The van der Waals surface area contributed by atoms with E-state index in [-0.39, 0.29) is 5.91 Å². The molecule has 0 saturated heterocycles. The molecule has 0 unspecified atom stereocenters. The maximum absolute atomic E-state index is 12.4. The van der Waals surface area contributed by atoms with E-state index in [1.807, 2.05) is 31.2 Å². The zero-order valence-corrected chi connectivity index (χ0v) is 14.5. The maximum Gasteiger partial charge on any atom is 0.270 e. The number of hydrogen-bond donors (Lipinski definition) is 1. The number of H-pyrrole nitrogens is 1. The number of halogens is 1. The molecule has 0 fully saturated rings. The molecule has 120 valence electrons. The highest BCUT2D eigenvalue weighted by Gasteiger charge is 2.14. The van der Waals surface area contributed by atoms with Crippen LogP contribution in [-0.4, -0.2) is 55.8 Å². The normalized spacial score (nSPS) is 11.0. The second kappa shape index (κ2) is 8.31. The van der Waals surface area contributed by atoms with Gasteiger partial charge in [0.05, 0.1) is 19.8 Å². The third kappa shape index (κ3) is 4.56. The minimum absolute atomic E-state index is 0.0410. The van der Waals surface area contributed by atoms with Gasteiger partial charge in [0.1, 0.15) is 5.69 Å². The van der Waals surface area contributed by atoms with Crippen molar-refractivity contribution in [3.05, 3.63) is 34.4 Å². The number of amides is 1. The summed E-state index contributed by atoms with van der Waals surface area (Å²) in [5, 5.41) is 1.01. The Morgan fingerprint density at radius 1 is 1.23 bits per heavy atom. The number of likely N-dealkylation sites (N-methyl/N-ethyl adjacent to an activating group) is 1. The van der Waals surface area contributed by atoms with Crippen LogP contribution in [0.4, 0.5) is 0 Å². The SMILES string of the molecule is CCOCCOCCN(C)C(=O)c1cc2cc(Br)ccc2[nH]1. The first-order chi connectivity index (χ1) is 10.6. The molecule has 0 aliphatic rings. The molecular formula is C16H21BrN2O3. The zero-order chi connectivity index (χ0) is 15.9.